The molecule has 0 spiro atoms. The van der Waals surface area contributed by atoms with Gasteiger partial charge in [-0.1, -0.05) is 59.3 Å². The largest absolute Gasteiger partial charge is 0.0602 e. The minimum absolute atomic E-state index is 0.548. The van der Waals surface area contributed by atoms with Crippen molar-refractivity contribution in [3.63, 3.8) is 0 Å². The predicted molar refractivity (Wildman–Crippen MR) is 59.9 cm³/mol. The van der Waals surface area contributed by atoms with Crippen LogP contribution in [0, 0.1) is 11.3 Å². The third-order valence-corrected chi connectivity index (χ3v) is 3.28. The highest BCUT2D eigenvalue weighted by Gasteiger charge is 2.16. The second-order valence-electron chi connectivity index (χ2n) is 5.96. The zero-order chi connectivity index (χ0) is 9.73. The summed E-state index contributed by atoms with van der Waals surface area (Å²) in [5, 5.41) is 0. The fourth-order valence-electron chi connectivity index (χ4n) is 2.29. The molecule has 1 aliphatic carbocycles. The van der Waals surface area contributed by atoms with Gasteiger partial charge in [-0.2, -0.15) is 0 Å². The molecule has 0 aromatic heterocycles. The van der Waals surface area contributed by atoms with E-state index in [1.165, 1.54) is 51.4 Å². The van der Waals surface area contributed by atoms with Gasteiger partial charge in [0.05, 0.1) is 0 Å². The predicted octanol–water partition coefficient (Wildman–Crippen LogP) is 4.78. The second-order valence-corrected chi connectivity index (χ2v) is 5.96. The van der Waals surface area contributed by atoms with Crippen molar-refractivity contribution in [1.29, 1.82) is 0 Å². The van der Waals surface area contributed by atoms with Crippen LogP contribution in [0.4, 0.5) is 0 Å². The first-order valence-corrected chi connectivity index (χ1v) is 6.08. The quantitative estimate of drug-likeness (QED) is 0.539. The average Bonchev–Trinajstić information content (AvgIpc) is 2.26. The molecule has 0 aromatic rings. The van der Waals surface area contributed by atoms with Gasteiger partial charge in [-0.3, -0.25) is 0 Å². The van der Waals surface area contributed by atoms with Gasteiger partial charge in [-0.15, -0.1) is 0 Å². The molecule has 13 heavy (non-hydrogen) atoms. The van der Waals surface area contributed by atoms with E-state index in [1.807, 2.05) is 0 Å². The Kier molecular flexibility index (Phi) is 4.28. The maximum absolute atomic E-state index is 2.36. The zero-order valence-electron chi connectivity index (χ0n) is 9.73. The summed E-state index contributed by atoms with van der Waals surface area (Å²) in [6.45, 7) is 7.09. The smallest absolute Gasteiger partial charge is 0.0383 e. The summed E-state index contributed by atoms with van der Waals surface area (Å²) in [7, 11) is 0. The molecule has 78 valence electrons. The SMILES string of the molecule is CC(C)(C)CCC1CCCCCC1. The maximum atomic E-state index is 2.36. The molecule has 0 N–H and O–H groups in total. The van der Waals surface area contributed by atoms with E-state index in [0.717, 1.165) is 5.92 Å². The fourth-order valence-corrected chi connectivity index (χ4v) is 2.29. The van der Waals surface area contributed by atoms with Crippen molar-refractivity contribution < 1.29 is 0 Å². The summed E-state index contributed by atoms with van der Waals surface area (Å²) >= 11 is 0. The monoisotopic (exact) mass is 182 g/mol. The number of rotatable bonds is 2. The fraction of sp³-hybridized carbons (Fsp3) is 1.00. The molecule has 0 heteroatoms. The van der Waals surface area contributed by atoms with Crippen molar-refractivity contribution in [2.45, 2.75) is 72.1 Å². The number of hydrogen-bond acceptors (Lipinski definition) is 0. The third kappa shape index (κ3) is 5.33. The lowest BCUT2D eigenvalue weighted by Gasteiger charge is -2.22. The molecule has 1 rings (SSSR count). The van der Waals surface area contributed by atoms with Gasteiger partial charge in [-0.05, 0) is 24.2 Å². The van der Waals surface area contributed by atoms with Gasteiger partial charge in [0.15, 0.2) is 0 Å². The Labute approximate surface area is 84.1 Å². The van der Waals surface area contributed by atoms with Crippen molar-refractivity contribution >= 4 is 0 Å². The van der Waals surface area contributed by atoms with Crippen LogP contribution in [0.5, 0.6) is 0 Å². The normalized spacial score (nSPS) is 21.5. The Balaban J connectivity index is 2.19. The van der Waals surface area contributed by atoms with Gasteiger partial charge in [-0.25, -0.2) is 0 Å². The summed E-state index contributed by atoms with van der Waals surface area (Å²) in [6, 6.07) is 0. The Hall–Kier alpha value is 0. The molecule has 1 aliphatic rings. The lowest BCUT2D eigenvalue weighted by molar-refractivity contribution is 0.306. The molecule has 0 aliphatic heterocycles. The van der Waals surface area contributed by atoms with Crippen molar-refractivity contribution in [2.75, 3.05) is 0 Å². The molecule has 0 heterocycles. The molecule has 0 aromatic carbocycles. The van der Waals surface area contributed by atoms with Crippen LogP contribution in [0.3, 0.4) is 0 Å². The highest BCUT2D eigenvalue weighted by Crippen LogP contribution is 2.30. The molecule has 1 saturated carbocycles. The van der Waals surface area contributed by atoms with Gasteiger partial charge in [0.25, 0.3) is 0 Å². The first-order valence-electron chi connectivity index (χ1n) is 6.08. The minimum Gasteiger partial charge on any atom is -0.0602 e. The van der Waals surface area contributed by atoms with Gasteiger partial charge in [0.1, 0.15) is 0 Å². The minimum atomic E-state index is 0.548. The topological polar surface area (TPSA) is 0 Å². The van der Waals surface area contributed by atoms with Crippen LogP contribution >= 0.6 is 0 Å². The average molecular weight is 182 g/mol. The summed E-state index contributed by atoms with van der Waals surface area (Å²) in [4.78, 5) is 0. The molecule has 0 nitrogen and oxygen atoms in total. The molecular weight excluding hydrogens is 156 g/mol. The molecule has 0 bridgehead atoms. The molecule has 0 radical (unpaired) electrons. The van der Waals surface area contributed by atoms with E-state index in [2.05, 4.69) is 20.8 Å². The van der Waals surface area contributed by atoms with Crippen LogP contribution in [-0.2, 0) is 0 Å². The van der Waals surface area contributed by atoms with E-state index in [-0.39, 0.29) is 0 Å². The second kappa shape index (κ2) is 5.02. The molecule has 0 amide bonds. The van der Waals surface area contributed by atoms with Crippen molar-refractivity contribution in [3.05, 3.63) is 0 Å². The van der Waals surface area contributed by atoms with Gasteiger partial charge in [0, 0.05) is 0 Å². The summed E-state index contributed by atoms with van der Waals surface area (Å²) < 4.78 is 0. The molecule has 0 saturated heterocycles. The highest BCUT2D eigenvalue weighted by molar-refractivity contribution is 4.69. The first kappa shape index (κ1) is 11.1. The van der Waals surface area contributed by atoms with Crippen LogP contribution in [0.25, 0.3) is 0 Å². The van der Waals surface area contributed by atoms with Crippen molar-refractivity contribution in [3.8, 4) is 0 Å². The van der Waals surface area contributed by atoms with Crippen LogP contribution in [0.15, 0.2) is 0 Å². The summed E-state index contributed by atoms with van der Waals surface area (Å²) in [5.74, 6) is 1.06. The van der Waals surface area contributed by atoms with E-state index in [1.54, 1.807) is 0 Å². The third-order valence-electron chi connectivity index (χ3n) is 3.28. The van der Waals surface area contributed by atoms with Crippen molar-refractivity contribution in [2.24, 2.45) is 11.3 Å². The van der Waals surface area contributed by atoms with E-state index in [9.17, 15) is 0 Å². The Morgan fingerprint density at radius 3 is 1.92 bits per heavy atom. The lowest BCUT2D eigenvalue weighted by atomic mass is 9.84. The molecular formula is C13H26. The van der Waals surface area contributed by atoms with Gasteiger partial charge >= 0.3 is 0 Å². The maximum Gasteiger partial charge on any atom is -0.0383 e. The van der Waals surface area contributed by atoms with Gasteiger partial charge in [0.2, 0.25) is 0 Å². The van der Waals surface area contributed by atoms with Crippen molar-refractivity contribution in [1.82, 2.24) is 0 Å². The molecule has 0 atom stereocenters. The number of hydrogen-bond donors (Lipinski definition) is 0. The standard InChI is InChI=1S/C13H26/c1-13(2,3)11-10-12-8-6-4-5-7-9-12/h12H,4-11H2,1-3H3. The van der Waals surface area contributed by atoms with Crippen LogP contribution in [0.1, 0.15) is 72.1 Å². The van der Waals surface area contributed by atoms with E-state index in [4.69, 9.17) is 0 Å². The zero-order valence-corrected chi connectivity index (χ0v) is 9.73. The highest BCUT2D eigenvalue weighted by atomic mass is 14.2. The van der Waals surface area contributed by atoms with E-state index < -0.39 is 0 Å². The lowest BCUT2D eigenvalue weighted by Crippen LogP contribution is -2.08. The summed E-state index contributed by atoms with van der Waals surface area (Å²) in [5.41, 5.74) is 0.548. The van der Waals surface area contributed by atoms with Gasteiger partial charge < -0.3 is 0 Å². The molecule has 1 fully saturated rings. The Bertz CT molecular complexity index is 121. The van der Waals surface area contributed by atoms with E-state index >= 15 is 0 Å². The summed E-state index contributed by atoms with van der Waals surface area (Å²) in [6.07, 6.45) is 11.9. The van der Waals surface area contributed by atoms with Crippen LogP contribution in [-0.4, -0.2) is 0 Å². The van der Waals surface area contributed by atoms with E-state index in [0.29, 0.717) is 5.41 Å². The first-order chi connectivity index (χ1) is 6.08. The van der Waals surface area contributed by atoms with Crippen LogP contribution < -0.4 is 0 Å². The Morgan fingerprint density at radius 1 is 0.923 bits per heavy atom. The van der Waals surface area contributed by atoms with Crippen LogP contribution in [0.2, 0.25) is 0 Å². The molecule has 0 unspecified atom stereocenters. The Morgan fingerprint density at radius 2 is 1.46 bits per heavy atom.